The third kappa shape index (κ3) is 2.05. The molecular weight excluding hydrogens is 190 g/mol. The molecule has 2 saturated heterocycles. The highest BCUT2D eigenvalue weighted by Crippen LogP contribution is 2.47. The number of ether oxygens (including phenoxy) is 2. The monoisotopic (exact) mass is 211 g/mol. The van der Waals surface area contributed by atoms with Gasteiger partial charge in [0.15, 0.2) is 0 Å². The first-order valence-electron chi connectivity index (χ1n) is 6.30. The van der Waals surface area contributed by atoms with E-state index in [2.05, 4.69) is 5.32 Å². The molecule has 1 aliphatic carbocycles. The van der Waals surface area contributed by atoms with Crippen molar-refractivity contribution in [3.8, 4) is 0 Å². The van der Waals surface area contributed by atoms with E-state index in [0.717, 1.165) is 26.3 Å². The second-order valence-electron chi connectivity index (χ2n) is 5.44. The second-order valence-corrected chi connectivity index (χ2v) is 5.44. The zero-order valence-corrected chi connectivity index (χ0v) is 9.34. The van der Waals surface area contributed by atoms with Crippen molar-refractivity contribution in [3.05, 3.63) is 0 Å². The highest BCUT2D eigenvalue weighted by Gasteiger charge is 2.41. The fourth-order valence-electron chi connectivity index (χ4n) is 2.74. The summed E-state index contributed by atoms with van der Waals surface area (Å²) in [5, 5.41) is 3.21. The van der Waals surface area contributed by atoms with Crippen LogP contribution in [-0.2, 0) is 9.47 Å². The van der Waals surface area contributed by atoms with Gasteiger partial charge in [-0.3, -0.25) is 0 Å². The van der Waals surface area contributed by atoms with Gasteiger partial charge in [0, 0.05) is 13.1 Å². The second kappa shape index (κ2) is 4.04. The molecule has 0 amide bonds. The average molecular weight is 211 g/mol. The Labute approximate surface area is 91.5 Å². The lowest BCUT2D eigenvalue weighted by Gasteiger charge is -2.46. The van der Waals surface area contributed by atoms with Crippen LogP contribution in [0.25, 0.3) is 0 Å². The van der Waals surface area contributed by atoms with Crippen molar-refractivity contribution in [2.45, 2.75) is 44.3 Å². The van der Waals surface area contributed by atoms with Gasteiger partial charge >= 0.3 is 0 Å². The summed E-state index contributed by atoms with van der Waals surface area (Å²) in [6, 6.07) is 0. The summed E-state index contributed by atoms with van der Waals surface area (Å²) in [5.41, 5.74) is 0.592. The molecule has 3 aliphatic rings. The fraction of sp³-hybridized carbons (Fsp3) is 1.00. The molecular formula is C12H21NO2. The molecule has 0 aromatic carbocycles. The highest BCUT2D eigenvalue weighted by atomic mass is 16.5. The quantitative estimate of drug-likeness (QED) is 0.764. The van der Waals surface area contributed by atoms with Crippen molar-refractivity contribution >= 4 is 0 Å². The van der Waals surface area contributed by atoms with Crippen LogP contribution in [0.15, 0.2) is 0 Å². The van der Waals surface area contributed by atoms with E-state index >= 15 is 0 Å². The Bertz CT molecular complexity index is 211. The van der Waals surface area contributed by atoms with Crippen LogP contribution in [0, 0.1) is 5.41 Å². The Morgan fingerprint density at radius 3 is 2.60 bits per heavy atom. The Kier molecular flexibility index (Phi) is 2.71. The average Bonchev–Trinajstić information content (AvgIpc) is 2.14. The van der Waals surface area contributed by atoms with Gasteiger partial charge in [0.25, 0.3) is 0 Å². The summed E-state index contributed by atoms with van der Waals surface area (Å²) in [5.74, 6) is 0. The molecule has 3 rings (SSSR count). The van der Waals surface area contributed by atoms with Gasteiger partial charge in [-0.15, -0.1) is 0 Å². The van der Waals surface area contributed by atoms with Crippen LogP contribution < -0.4 is 5.32 Å². The lowest BCUT2D eigenvalue weighted by molar-refractivity contribution is -0.130. The fourth-order valence-corrected chi connectivity index (χ4v) is 2.74. The van der Waals surface area contributed by atoms with Gasteiger partial charge in [-0.05, 0) is 31.1 Å². The Morgan fingerprint density at radius 1 is 1.27 bits per heavy atom. The maximum absolute atomic E-state index is 5.91. The summed E-state index contributed by atoms with van der Waals surface area (Å²) in [6.45, 7) is 3.85. The van der Waals surface area contributed by atoms with Crippen molar-refractivity contribution in [2.24, 2.45) is 5.41 Å². The molecule has 1 atom stereocenters. The van der Waals surface area contributed by atoms with Crippen LogP contribution in [0.4, 0.5) is 0 Å². The van der Waals surface area contributed by atoms with Crippen molar-refractivity contribution in [2.75, 3.05) is 26.3 Å². The number of nitrogens with one attached hydrogen (secondary N) is 1. The lowest BCUT2D eigenvalue weighted by atomic mass is 9.65. The molecule has 86 valence electrons. The summed E-state index contributed by atoms with van der Waals surface area (Å²) in [4.78, 5) is 0. The number of hydrogen-bond donors (Lipinski definition) is 1. The molecule has 2 aliphatic heterocycles. The van der Waals surface area contributed by atoms with Crippen molar-refractivity contribution < 1.29 is 9.47 Å². The molecule has 15 heavy (non-hydrogen) atoms. The van der Waals surface area contributed by atoms with Gasteiger partial charge in [0.05, 0.1) is 25.4 Å². The molecule has 1 saturated carbocycles. The Morgan fingerprint density at radius 2 is 2.13 bits per heavy atom. The predicted octanol–water partition coefficient (Wildman–Crippen LogP) is 1.32. The molecule has 0 aromatic rings. The molecule has 1 spiro atoms. The lowest BCUT2D eigenvalue weighted by Crippen LogP contribution is -2.50. The first-order chi connectivity index (χ1) is 7.36. The van der Waals surface area contributed by atoms with Crippen molar-refractivity contribution in [1.82, 2.24) is 5.32 Å². The Hall–Kier alpha value is -0.120. The predicted molar refractivity (Wildman–Crippen MR) is 57.9 cm³/mol. The van der Waals surface area contributed by atoms with E-state index in [4.69, 9.17) is 9.47 Å². The zero-order valence-electron chi connectivity index (χ0n) is 9.34. The number of rotatable bonds is 3. The van der Waals surface area contributed by atoms with Crippen LogP contribution in [0.3, 0.4) is 0 Å². The van der Waals surface area contributed by atoms with E-state index in [0.29, 0.717) is 17.6 Å². The minimum absolute atomic E-state index is 0.372. The highest BCUT2D eigenvalue weighted by molar-refractivity contribution is 4.91. The molecule has 1 N–H and O–H groups in total. The van der Waals surface area contributed by atoms with Crippen LogP contribution in [-0.4, -0.2) is 38.5 Å². The summed E-state index contributed by atoms with van der Waals surface area (Å²) >= 11 is 0. The van der Waals surface area contributed by atoms with Gasteiger partial charge in [0.2, 0.25) is 0 Å². The van der Waals surface area contributed by atoms with E-state index in [-0.39, 0.29) is 0 Å². The van der Waals surface area contributed by atoms with E-state index < -0.39 is 0 Å². The van der Waals surface area contributed by atoms with Gasteiger partial charge in [-0.25, -0.2) is 0 Å². The summed E-state index contributed by atoms with van der Waals surface area (Å²) < 4.78 is 11.7. The van der Waals surface area contributed by atoms with Crippen LogP contribution in [0.2, 0.25) is 0 Å². The largest absolute Gasteiger partial charge is 0.375 e. The smallest absolute Gasteiger partial charge is 0.0824 e. The minimum atomic E-state index is 0.372. The molecule has 3 heteroatoms. The maximum atomic E-state index is 5.91. The van der Waals surface area contributed by atoms with Gasteiger partial charge in [-0.2, -0.15) is 0 Å². The van der Waals surface area contributed by atoms with E-state index in [1.54, 1.807) is 0 Å². The van der Waals surface area contributed by atoms with Crippen LogP contribution >= 0.6 is 0 Å². The summed E-state index contributed by atoms with van der Waals surface area (Å²) in [7, 11) is 0. The first kappa shape index (κ1) is 10.1. The topological polar surface area (TPSA) is 30.5 Å². The van der Waals surface area contributed by atoms with E-state index in [9.17, 15) is 0 Å². The molecule has 3 fully saturated rings. The Balaban J connectivity index is 1.37. The maximum Gasteiger partial charge on any atom is 0.0824 e. The minimum Gasteiger partial charge on any atom is -0.375 e. The molecule has 0 bridgehead atoms. The third-order valence-corrected chi connectivity index (χ3v) is 4.30. The van der Waals surface area contributed by atoms with Crippen molar-refractivity contribution in [1.29, 1.82) is 0 Å². The first-order valence-corrected chi connectivity index (χ1v) is 6.30. The molecule has 1 unspecified atom stereocenters. The molecule has 0 radical (unpaired) electrons. The molecule has 2 heterocycles. The van der Waals surface area contributed by atoms with Gasteiger partial charge < -0.3 is 14.8 Å². The third-order valence-electron chi connectivity index (χ3n) is 4.30. The van der Waals surface area contributed by atoms with Gasteiger partial charge in [0.1, 0.15) is 0 Å². The SMILES string of the molecule is C1CC2(C1)CCC(COC1CNC1)OC2. The normalized spacial score (nSPS) is 34.8. The standard InChI is InChI=1S/C12H21NO2/c1-3-12(4-1)5-2-10(15-9-12)8-14-11-6-13-7-11/h10-11,13H,1-9H2. The van der Waals surface area contributed by atoms with E-state index in [1.807, 2.05) is 0 Å². The van der Waals surface area contributed by atoms with Crippen LogP contribution in [0.1, 0.15) is 32.1 Å². The zero-order chi connectivity index (χ0) is 10.1. The summed E-state index contributed by atoms with van der Waals surface area (Å²) in [6.07, 6.45) is 7.60. The van der Waals surface area contributed by atoms with Gasteiger partial charge in [-0.1, -0.05) is 6.42 Å². The molecule has 3 nitrogen and oxygen atoms in total. The van der Waals surface area contributed by atoms with Crippen LogP contribution in [0.5, 0.6) is 0 Å². The number of hydrogen-bond acceptors (Lipinski definition) is 3. The van der Waals surface area contributed by atoms with Crippen molar-refractivity contribution in [3.63, 3.8) is 0 Å². The van der Waals surface area contributed by atoms with E-state index in [1.165, 1.54) is 32.1 Å². The molecule has 0 aromatic heterocycles.